The van der Waals surface area contributed by atoms with E-state index in [0.29, 0.717) is 17.2 Å². The number of aryl methyl sites for hydroxylation is 2. The summed E-state index contributed by atoms with van der Waals surface area (Å²) in [5.41, 5.74) is 4.04. The number of nitrogens with zero attached hydrogens (tertiary/aromatic N) is 1. The lowest BCUT2D eigenvalue weighted by Gasteiger charge is -2.25. The van der Waals surface area contributed by atoms with Gasteiger partial charge in [0.05, 0.1) is 18.5 Å². The largest absolute Gasteiger partial charge is 0.352 e. The number of amides is 1. The van der Waals surface area contributed by atoms with Crippen LogP contribution in [0.3, 0.4) is 0 Å². The van der Waals surface area contributed by atoms with E-state index in [4.69, 9.17) is 0 Å². The number of benzene rings is 2. The van der Waals surface area contributed by atoms with Gasteiger partial charge in [-0.15, -0.1) is 0 Å². The van der Waals surface area contributed by atoms with E-state index in [0.717, 1.165) is 23.2 Å². The van der Waals surface area contributed by atoms with Gasteiger partial charge in [-0.1, -0.05) is 43.5 Å². The maximum absolute atomic E-state index is 12.5. The van der Waals surface area contributed by atoms with Gasteiger partial charge in [0.1, 0.15) is 0 Å². The summed E-state index contributed by atoms with van der Waals surface area (Å²) in [6.07, 6.45) is 7.43. The monoisotopic (exact) mass is 428 g/mol. The lowest BCUT2D eigenvalue weighted by molar-refractivity contribution is 0.0943. The Morgan fingerprint density at radius 3 is 2.33 bits per heavy atom. The highest BCUT2D eigenvalue weighted by molar-refractivity contribution is 7.92. The second kappa shape index (κ2) is 9.65. The normalized spacial score (nSPS) is 15.0. The molecule has 1 N–H and O–H groups in total. The number of rotatable bonds is 7. The minimum Gasteiger partial charge on any atom is -0.352 e. The lowest BCUT2D eigenvalue weighted by Crippen LogP contribution is -2.31. The molecule has 0 radical (unpaired) electrons. The smallest absolute Gasteiger partial charge is 0.251 e. The van der Waals surface area contributed by atoms with E-state index in [1.165, 1.54) is 42.7 Å². The fourth-order valence-electron chi connectivity index (χ4n) is 4.03. The van der Waals surface area contributed by atoms with E-state index in [9.17, 15) is 13.2 Å². The number of nitrogens with one attached hydrogen (secondary N) is 1. The van der Waals surface area contributed by atoms with E-state index in [1.54, 1.807) is 12.1 Å². The van der Waals surface area contributed by atoms with Crippen molar-refractivity contribution in [3.8, 4) is 0 Å². The Hall–Kier alpha value is -2.34. The van der Waals surface area contributed by atoms with Crippen LogP contribution in [0.4, 0.5) is 5.69 Å². The van der Waals surface area contributed by atoms with Crippen molar-refractivity contribution in [2.24, 2.45) is 5.92 Å². The Bertz CT molecular complexity index is 978. The topological polar surface area (TPSA) is 66.5 Å². The second-order valence-electron chi connectivity index (χ2n) is 8.47. The van der Waals surface area contributed by atoms with Crippen molar-refractivity contribution in [1.29, 1.82) is 0 Å². The van der Waals surface area contributed by atoms with Gasteiger partial charge in [0.15, 0.2) is 0 Å². The number of carbonyl (C=O) groups excluding carboxylic acids is 1. The molecule has 1 amide bonds. The van der Waals surface area contributed by atoms with Crippen LogP contribution in [0.15, 0.2) is 42.5 Å². The number of carbonyl (C=O) groups is 1. The van der Waals surface area contributed by atoms with Gasteiger partial charge in [0, 0.05) is 12.1 Å². The minimum atomic E-state index is -3.45. The first-order valence-electron chi connectivity index (χ1n) is 10.7. The summed E-state index contributed by atoms with van der Waals surface area (Å²) in [7, 11) is -3.45. The SMILES string of the molecule is Cc1ccc(C)c(N(Cc2ccc(C(=O)NCC3CCCCC3)cc2)S(C)(=O)=O)c1. The molecule has 1 aliphatic carbocycles. The fourth-order valence-corrected chi connectivity index (χ4v) is 4.96. The van der Waals surface area contributed by atoms with E-state index >= 15 is 0 Å². The summed E-state index contributed by atoms with van der Waals surface area (Å²) in [4.78, 5) is 12.5. The number of hydrogen-bond donors (Lipinski definition) is 1. The molecule has 2 aromatic rings. The summed E-state index contributed by atoms with van der Waals surface area (Å²) in [6, 6.07) is 13.0. The molecule has 0 heterocycles. The third-order valence-electron chi connectivity index (χ3n) is 5.85. The molecule has 5 nitrogen and oxygen atoms in total. The van der Waals surface area contributed by atoms with Gasteiger partial charge in [0.25, 0.3) is 5.91 Å². The van der Waals surface area contributed by atoms with E-state index in [1.807, 2.05) is 44.2 Å². The van der Waals surface area contributed by atoms with Crippen LogP contribution in [0.5, 0.6) is 0 Å². The number of hydrogen-bond acceptors (Lipinski definition) is 3. The maximum atomic E-state index is 12.5. The standard InChI is InChI=1S/C24H32N2O3S/c1-18-9-10-19(2)23(15-18)26(30(3,28)29)17-21-11-13-22(14-12-21)24(27)25-16-20-7-5-4-6-8-20/h9-15,20H,4-8,16-17H2,1-3H3,(H,25,27). The predicted molar refractivity (Wildman–Crippen MR) is 122 cm³/mol. The highest BCUT2D eigenvalue weighted by Gasteiger charge is 2.20. The van der Waals surface area contributed by atoms with Crippen LogP contribution < -0.4 is 9.62 Å². The molecule has 30 heavy (non-hydrogen) atoms. The van der Waals surface area contributed by atoms with Crippen LogP contribution in [0.1, 0.15) is 59.2 Å². The van der Waals surface area contributed by atoms with Crippen LogP contribution in [-0.2, 0) is 16.6 Å². The maximum Gasteiger partial charge on any atom is 0.251 e. The van der Waals surface area contributed by atoms with Crippen LogP contribution >= 0.6 is 0 Å². The molecule has 0 spiro atoms. The Morgan fingerprint density at radius 2 is 1.70 bits per heavy atom. The summed E-state index contributed by atoms with van der Waals surface area (Å²) in [6.45, 7) is 4.82. The first-order chi connectivity index (χ1) is 14.2. The average Bonchev–Trinajstić information content (AvgIpc) is 2.72. The van der Waals surface area contributed by atoms with Crippen LogP contribution in [0.25, 0.3) is 0 Å². The molecule has 0 aliphatic heterocycles. The van der Waals surface area contributed by atoms with Crippen molar-refractivity contribution in [1.82, 2.24) is 5.32 Å². The highest BCUT2D eigenvalue weighted by Crippen LogP contribution is 2.26. The van der Waals surface area contributed by atoms with Crippen LogP contribution in [0.2, 0.25) is 0 Å². The van der Waals surface area contributed by atoms with Gasteiger partial charge >= 0.3 is 0 Å². The van der Waals surface area contributed by atoms with Crippen molar-refractivity contribution in [2.75, 3.05) is 17.1 Å². The van der Waals surface area contributed by atoms with E-state index < -0.39 is 10.0 Å². The first-order valence-corrected chi connectivity index (χ1v) is 12.5. The van der Waals surface area contributed by atoms with Gasteiger partial charge < -0.3 is 5.32 Å². The molecule has 0 saturated heterocycles. The molecule has 6 heteroatoms. The van der Waals surface area contributed by atoms with Gasteiger partial charge in [-0.2, -0.15) is 0 Å². The molecule has 1 fully saturated rings. The molecule has 2 aromatic carbocycles. The van der Waals surface area contributed by atoms with Gasteiger partial charge in [-0.05, 0) is 67.5 Å². The van der Waals surface area contributed by atoms with Crippen molar-refractivity contribution in [2.45, 2.75) is 52.5 Å². The molecule has 0 atom stereocenters. The summed E-state index contributed by atoms with van der Waals surface area (Å²) >= 11 is 0. The Morgan fingerprint density at radius 1 is 1.03 bits per heavy atom. The van der Waals surface area contributed by atoms with Crippen molar-refractivity contribution >= 4 is 21.6 Å². The molecule has 0 unspecified atom stereocenters. The lowest BCUT2D eigenvalue weighted by atomic mass is 9.89. The van der Waals surface area contributed by atoms with Crippen molar-refractivity contribution in [3.05, 3.63) is 64.7 Å². The summed E-state index contributed by atoms with van der Waals surface area (Å²) in [5, 5.41) is 3.05. The molecule has 1 saturated carbocycles. The molecule has 0 aromatic heterocycles. The van der Waals surface area contributed by atoms with Gasteiger partial charge in [0.2, 0.25) is 10.0 Å². The Balaban J connectivity index is 1.69. The first kappa shape index (κ1) is 22.3. The predicted octanol–water partition coefficient (Wildman–Crippen LogP) is 4.58. The van der Waals surface area contributed by atoms with E-state index in [2.05, 4.69) is 5.32 Å². The zero-order valence-corrected chi connectivity index (χ0v) is 19.0. The van der Waals surface area contributed by atoms with Crippen LogP contribution in [0, 0.1) is 19.8 Å². The fraction of sp³-hybridized carbons (Fsp3) is 0.458. The van der Waals surface area contributed by atoms with Gasteiger partial charge in [-0.25, -0.2) is 8.42 Å². The molecule has 3 rings (SSSR count). The third kappa shape index (κ3) is 5.85. The Kier molecular flexibility index (Phi) is 7.19. The zero-order chi connectivity index (χ0) is 21.7. The number of anilines is 1. The third-order valence-corrected chi connectivity index (χ3v) is 6.98. The second-order valence-corrected chi connectivity index (χ2v) is 10.4. The molecular formula is C24H32N2O3S. The summed E-state index contributed by atoms with van der Waals surface area (Å²) < 4.78 is 26.4. The minimum absolute atomic E-state index is 0.0679. The molecule has 0 bridgehead atoms. The molecule has 162 valence electrons. The van der Waals surface area contributed by atoms with Gasteiger partial charge in [-0.3, -0.25) is 9.10 Å². The quantitative estimate of drug-likeness (QED) is 0.702. The van der Waals surface area contributed by atoms with Crippen molar-refractivity contribution < 1.29 is 13.2 Å². The Labute approximate surface area is 180 Å². The van der Waals surface area contributed by atoms with Crippen molar-refractivity contribution in [3.63, 3.8) is 0 Å². The summed E-state index contributed by atoms with van der Waals surface area (Å²) in [5.74, 6) is 0.518. The average molecular weight is 429 g/mol. The van der Waals surface area contributed by atoms with Crippen LogP contribution in [-0.4, -0.2) is 27.1 Å². The highest BCUT2D eigenvalue weighted by atomic mass is 32.2. The van der Waals surface area contributed by atoms with E-state index in [-0.39, 0.29) is 12.5 Å². The molecular weight excluding hydrogens is 396 g/mol. The zero-order valence-electron chi connectivity index (χ0n) is 18.1. The number of sulfonamides is 1. The molecule has 1 aliphatic rings.